The van der Waals surface area contributed by atoms with E-state index < -0.39 is 0 Å². The first-order valence-corrected chi connectivity index (χ1v) is 8.90. The molecule has 1 aromatic carbocycles. The minimum Gasteiger partial charge on any atom is -0.399 e. The Morgan fingerprint density at radius 2 is 1.96 bits per heavy atom. The van der Waals surface area contributed by atoms with Crippen LogP contribution in [0.1, 0.15) is 11.1 Å². The molecule has 2 heterocycles. The third-order valence-corrected chi connectivity index (χ3v) is 4.63. The van der Waals surface area contributed by atoms with E-state index in [-0.39, 0.29) is 5.91 Å². The monoisotopic (exact) mass is 388 g/mol. The third-order valence-electron chi connectivity index (χ3n) is 4.38. The number of anilines is 2. The molecule has 1 fully saturated rings. The first-order valence-electron chi connectivity index (χ1n) is 8.52. The fourth-order valence-electron chi connectivity index (χ4n) is 2.94. The zero-order valence-electron chi connectivity index (χ0n) is 15.0. The zero-order valence-corrected chi connectivity index (χ0v) is 15.8. The molecule has 0 spiro atoms. The number of hydrogen-bond donors (Lipinski definition) is 1. The van der Waals surface area contributed by atoms with Gasteiger partial charge >= 0.3 is 0 Å². The van der Waals surface area contributed by atoms with Crippen LogP contribution in [0.4, 0.5) is 11.6 Å². The Kier molecular flexibility index (Phi) is 6.08. The van der Waals surface area contributed by atoms with Crippen molar-refractivity contribution in [1.29, 1.82) is 0 Å². The van der Waals surface area contributed by atoms with Crippen molar-refractivity contribution in [2.45, 2.75) is 6.42 Å². The van der Waals surface area contributed by atoms with E-state index in [2.05, 4.69) is 20.0 Å². The molecule has 3 rings (SSSR count). The van der Waals surface area contributed by atoms with Gasteiger partial charge < -0.3 is 20.4 Å². The van der Waals surface area contributed by atoms with Crippen LogP contribution in [-0.2, 0) is 16.1 Å². The maximum atomic E-state index is 12.5. The van der Waals surface area contributed by atoms with Crippen LogP contribution < -0.4 is 10.6 Å². The highest BCUT2D eigenvalue weighted by molar-refractivity contribution is 6.30. The summed E-state index contributed by atoms with van der Waals surface area (Å²) in [7, 11) is 1.46. The molecule has 1 aliphatic heterocycles. The van der Waals surface area contributed by atoms with Crippen LogP contribution in [0.3, 0.4) is 0 Å². The predicted molar refractivity (Wildman–Crippen MR) is 105 cm³/mol. The van der Waals surface area contributed by atoms with Crippen LogP contribution in [0.25, 0.3) is 0 Å². The lowest BCUT2D eigenvalue weighted by Gasteiger charge is -2.36. The van der Waals surface area contributed by atoms with E-state index in [1.807, 2.05) is 17.0 Å². The maximum Gasteiger partial charge on any atom is 0.227 e. The van der Waals surface area contributed by atoms with Gasteiger partial charge in [0, 0.05) is 31.2 Å². The summed E-state index contributed by atoms with van der Waals surface area (Å²) < 4.78 is 0. The lowest BCUT2D eigenvalue weighted by molar-refractivity contribution is -0.130. The fraction of sp³-hybridized carbons (Fsp3) is 0.333. The summed E-state index contributed by atoms with van der Waals surface area (Å²) >= 11 is 5.89. The number of nitrogens with two attached hydrogens (primary N) is 1. The summed E-state index contributed by atoms with van der Waals surface area (Å²) in [5, 5.41) is 4.43. The van der Waals surface area contributed by atoms with Crippen molar-refractivity contribution in [1.82, 2.24) is 14.9 Å². The molecular formula is C18H21ClN6O2. The summed E-state index contributed by atoms with van der Waals surface area (Å²) in [4.78, 5) is 29.6. The van der Waals surface area contributed by atoms with E-state index in [4.69, 9.17) is 22.2 Å². The minimum absolute atomic E-state index is 0.0975. The molecular weight excluding hydrogens is 368 g/mol. The fourth-order valence-corrected chi connectivity index (χ4v) is 3.06. The third kappa shape index (κ3) is 4.65. The number of carbonyl (C=O) groups excluding carboxylic acids is 1. The number of carbonyl (C=O) groups is 1. The molecule has 0 saturated carbocycles. The standard InChI is InChI=1S/C18H21ClN6O2/c1-27-23-11-15-17(20)21-12-22-18(15)25-8-6-24(7-9-25)16(26)10-13-2-4-14(19)5-3-13/h2-5,11-12H,6-10H2,1H3,(H2,20,21,22). The highest BCUT2D eigenvalue weighted by Crippen LogP contribution is 2.21. The lowest BCUT2D eigenvalue weighted by atomic mass is 10.1. The number of nitrogens with zero attached hydrogens (tertiary/aromatic N) is 5. The number of aromatic nitrogens is 2. The number of nitrogen functional groups attached to an aromatic ring is 1. The molecule has 2 aromatic rings. The van der Waals surface area contributed by atoms with Crippen molar-refractivity contribution in [3.8, 4) is 0 Å². The van der Waals surface area contributed by atoms with E-state index in [0.717, 1.165) is 5.56 Å². The van der Waals surface area contributed by atoms with Crippen LogP contribution in [0.5, 0.6) is 0 Å². The molecule has 1 saturated heterocycles. The summed E-state index contributed by atoms with van der Waals surface area (Å²) in [5.74, 6) is 1.12. The van der Waals surface area contributed by atoms with Crippen LogP contribution in [0.15, 0.2) is 35.7 Å². The van der Waals surface area contributed by atoms with Gasteiger partial charge in [-0.3, -0.25) is 4.79 Å². The van der Waals surface area contributed by atoms with Gasteiger partial charge in [-0.05, 0) is 17.7 Å². The van der Waals surface area contributed by atoms with Gasteiger partial charge in [-0.15, -0.1) is 0 Å². The van der Waals surface area contributed by atoms with Gasteiger partial charge in [0.25, 0.3) is 0 Å². The molecule has 0 unspecified atom stereocenters. The van der Waals surface area contributed by atoms with E-state index in [9.17, 15) is 4.79 Å². The van der Waals surface area contributed by atoms with Gasteiger partial charge in [0.2, 0.25) is 5.91 Å². The number of hydrogen-bond acceptors (Lipinski definition) is 7. The van der Waals surface area contributed by atoms with Gasteiger partial charge in [0.05, 0.1) is 18.2 Å². The molecule has 0 aliphatic carbocycles. The summed E-state index contributed by atoms with van der Waals surface area (Å²) in [6.07, 6.45) is 3.29. The van der Waals surface area contributed by atoms with Gasteiger partial charge in [-0.2, -0.15) is 0 Å². The predicted octanol–water partition coefficient (Wildman–Crippen LogP) is 1.58. The van der Waals surface area contributed by atoms with Crippen molar-refractivity contribution >= 4 is 35.4 Å². The smallest absolute Gasteiger partial charge is 0.227 e. The lowest BCUT2D eigenvalue weighted by Crippen LogP contribution is -2.49. The summed E-state index contributed by atoms with van der Waals surface area (Å²) in [5.41, 5.74) is 7.51. The van der Waals surface area contributed by atoms with E-state index in [1.165, 1.54) is 19.7 Å². The average molecular weight is 389 g/mol. The van der Waals surface area contributed by atoms with Crippen LogP contribution >= 0.6 is 11.6 Å². The average Bonchev–Trinajstić information content (AvgIpc) is 2.69. The van der Waals surface area contributed by atoms with Gasteiger partial charge in [0.15, 0.2) is 0 Å². The van der Waals surface area contributed by atoms with Crippen LogP contribution in [0, 0.1) is 0 Å². The van der Waals surface area contributed by atoms with E-state index in [0.29, 0.717) is 54.8 Å². The Balaban J connectivity index is 1.63. The number of benzene rings is 1. The molecule has 0 atom stereocenters. The molecule has 1 aliphatic rings. The van der Waals surface area contributed by atoms with E-state index in [1.54, 1.807) is 12.1 Å². The van der Waals surface area contributed by atoms with Crippen molar-refractivity contribution < 1.29 is 9.63 Å². The molecule has 1 amide bonds. The number of piperazine rings is 1. The van der Waals surface area contributed by atoms with Crippen LogP contribution in [0.2, 0.25) is 5.02 Å². The second-order valence-electron chi connectivity index (χ2n) is 6.08. The Hall–Kier alpha value is -2.87. The largest absolute Gasteiger partial charge is 0.399 e. The van der Waals surface area contributed by atoms with Crippen molar-refractivity contribution in [2.75, 3.05) is 43.9 Å². The molecule has 2 N–H and O–H groups in total. The van der Waals surface area contributed by atoms with Crippen LogP contribution in [-0.4, -0.2) is 60.3 Å². The molecule has 0 bridgehead atoms. The first kappa shape index (κ1) is 18.9. The maximum absolute atomic E-state index is 12.5. The van der Waals surface area contributed by atoms with Crippen molar-refractivity contribution in [3.05, 3.63) is 46.7 Å². The highest BCUT2D eigenvalue weighted by atomic mass is 35.5. The molecule has 8 nitrogen and oxygen atoms in total. The Bertz CT molecular complexity index is 819. The summed E-state index contributed by atoms with van der Waals surface area (Å²) in [6, 6.07) is 7.35. The SMILES string of the molecule is CON=Cc1c(N)ncnc1N1CCN(C(=O)Cc2ccc(Cl)cc2)CC1. The number of oxime groups is 1. The molecule has 0 radical (unpaired) electrons. The topological polar surface area (TPSA) is 96.9 Å². The van der Waals surface area contributed by atoms with Gasteiger partial charge in [-0.25, -0.2) is 9.97 Å². The molecule has 1 aromatic heterocycles. The molecule has 27 heavy (non-hydrogen) atoms. The Morgan fingerprint density at radius 3 is 2.63 bits per heavy atom. The van der Waals surface area contributed by atoms with Crippen molar-refractivity contribution in [2.24, 2.45) is 5.16 Å². The van der Waals surface area contributed by atoms with Crippen molar-refractivity contribution in [3.63, 3.8) is 0 Å². The number of rotatable bonds is 5. The van der Waals surface area contributed by atoms with Gasteiger partial charge in [-0.1, -0.05) is 28.9 Å². The molecule has 142 valence electrons. The van der Waals surface area contributed by atoms with E-state index >= 15 is 0 Å². The second-order valence-corrected chi connectivity index (χ2v) is 6.52. The number of amides is 1. The minimum atomic E-state index is 0.0975. The Morgan fingerprint density at radius 1 is 1.26 bits per heavy atom. The zero-order chi connectivity index (χ0) is 19.2. The second kappa shape index (κ2) is 8.68. The normalized spacial score (nSPS) is 14.6. The highest BCUT2D eigenvalue weighted by Gasteiger charge is 2.24. The van der Waals surface area contributed by atoms with Gasteiger partial charge in [0.1, 0.15) is 25.1 Å². The molecule has 9 heteroatoms. The summed E-state index contributed by atoms with van der Waals surface area (Å²) in [6.45, 7) is 2.52. The number of halogens is 1. The Labute approximate surface area is 162 Å². The quantitative estimate of drug-likeness (QED) is 0.617. The first-order chi connectivity index (χ1) is 13.1.